The van der Waals surface area contributed by atoms with Gasteiger partial charge in [-0.3, -0.25) is 27.2 Å². The molecule has 14 N–H and O–H groups in total. The van der Waals surface area contributed by atoms with E-state index in [0.717, 1.165) is 235 Å². The Bertz CT molecular complexity index is 6980. The van der Waals surface area contributed by atoms with E-state index in [1.54, 1.807) is 29.7 Å². The van der Waals surface area contributed by atoms with Crippen LogP contribution in [0.1, 0.15) is 114 Å². The van der Waals surface area contributed by atoms with E-state index in [1.807, 2.05) is 150 Å². The van der Waals surface area contributed by atoms with Crippen molar-refractivity contribution in [2.45, 2.75) is 81.6 Å². The van der Waals surface area contributed by atoms with Gasteiger partial charge in [-0.15, -0.1) is 0 Å². The zero-order valence-electron chi connectivity index (χ0n) is 67.5. The Morgan fingerprint density at radius 3 is 1.11 bits per heavy atom. The summed E-state index contributed by atoms with van der Waals surface area (Å²) >= 11 is 0. The number of nitrogens with two attached hydrogens (primary N) is 4. The Labute approximate surface area is 704 Å². The zero-order chi connectivity index (χ0) is 83.2. The van der Waals surface area contributed by atoms with Crippen LogP contribution in [0.25, 0.3) is 122 Å². The van der Waals surface area contributed by atoms with Gasteiger partial charge in [0.15, 0.2) is 0 Å². The minimum absolute atomic E-state index is 0.0751. The van der Waals surface area contributed by atoms with Gasteiger partial charge in [-0.1, -0.05) is 121 Å². The lowest BCUT2D eigenvalue weighted by Crippen LogP contribution is -2.38. The Hall–Kier alpha value is -15.1. The van der Waals surface area contributed by atoms with Gasteiger partial charge in [-0.2, -0.15) is 0 Å². The standard InChI is InChI=1S/C28H25N7O.C27H26N6O2.C20H20N6O.C19H20N6/c29-26-25-24(23-15-18-5-1-3-7-21(18)32-23)33-27(35(25)14-11-30-26)17-9-12-34(13-10-17)28(36)20-16-31-22-8-4-2-6-19(20)22;28-25-24-23(22-16-20-8-4-5-9-21(20)30-22)31-26(33(24)15-12-29-25)19-10-13-32(14-11-19)27(34)35-17-18-6-2-1-3-7-18;21-19-18-17(16-11-14-3-1-2-4-15(14)23-16)24-20(26(18)10-7-22-19)13-5-8-25(12-27)9-6-13;20-18-17-16(15-11-13-3-1-2-4-14(13)23-15)24-19(25(17)10-9-22-18)12-5-7-21-8-6-12/h1-8,11,14-17,31-32H,9-10,12-13H2,(H2,29,30);1-9,12,15-16,19,30H,10-11,13-14,17H2,(H2,28,29);1-4,7,10-13,23H,5-6,8-9H2,(H2,21,22);1-4,9-12,21,23H,5-8H2,(H2,20,22). The van der Waals surface area contributed by atoms with E-state index in [9.17, 15) is 14.4 Å². The second-order valence-electron chi connectivity index (χ2n) is 32.0. The SMILES string of the molecule is Nc1nccn2c(C3CCN(C(=O)OCc4ccccc4)CC3)nc(-c3cc4ccccc4[nH]3)c12.Nc1nccn2c(C3CCN(C(=O)c4c[nH]c5ccccc45)CC3)nc(-c3cc4ccccc4[nH]3)c12.Nc1nccn2c(C3CCN(C=O)CC3)nc(-c3cc4ccccc4[nH]3)c12.Nc1nccn2c(C3CCNCC3)nc(-c3cc4ccccc4[nH]3)c12. The lowest BCUT2D eigenvalue weighted by atomic mass is 9.95. The molecule has 0 atom stereocenters. The highest BCUT2D eigenvalue weighted by Crippen LogP contribution is 2.41. The number of ether oxygens (including phenoxy) is 1. The maximum Gasteiger partial charge on any atom is 0.410 e. The normalized spacial score (nSPS) is 15.2. The van der Waals surface area contributed by atoms with Gasteiger partial charge in [0.2, 0.25) is 6.41 Å². The fourth-order valence-electron chi connectivity index (χ4n) is 18.3. The van der Waals surface area contributed by atoms with Gasteiger partial charge in [-0.25, -0.2) is 44.7 Å². The van der Waals surface area contributed by atoms with Crippen LogP contribution in [0.5, 0.6) is 0 Å². The van der Waals surface area contributed by atoms with E-state index in [0.29, 0.717) is 55.4 Å². The average Bonchev–Trinajstić information content (AvgIpc) is 1.62. The summed E-state index contributed by atoms with van der Waals surface area (Å²) in [4.78, 5) is 97.0. The first-order chi connectivity index (χ1) is 60.4. The van der Waals surface area contributed by atoms with Crippen LogP contribution in [0.2, 0.25) is 0 Å². The lowest BCUT2D eigenvalue weighted by Gasteiger charge is -2.31. The summed E-state index contributed by atoms with van der Waals surface area (Å²) in [5, 5.41) is 8.94. The molecular weight excluding hydrogens is 1540 g/mol. The number of nitrogen functional groups attached to an aromatic ring is 4. The molecule has 19 aromatic rings. The number of hydrogen-bond acceptors (Lipinski definition) is 17. The van der Waals surface area contributed by atoms with Gasteiger partial charge in [0.25, 0.3) is 5.91 Å². The predicted octanol–water partition coefficient (Wildman–Crippen LogP) is 15.7. The van der Waals surface area contributed by atoms with E-state index in [2.05, 4.69) is 135 Å². The number of rotatable bonds is 12. The number of hydrogen-bond donors (Lipinski definition) is 10. The maximum atomic E-state index is 13.3. The maximum absolute atomic E-state index is 13.3. The summed E-state index contributed by atoms with van der Waals surface area (Å²) in [5.41, 5.74) is 42.5. The van der Waals surface area contributed by atoms with Crippen molar-refractivity contribution < 1.29 is 19.1 Å². The minimum Gasteiger partial charge on any atom is -0.445 e. The van der Waals surface area contributed by atoms with Crippen molar-refractivity contribution in [2.75, 3.05) is 75.3 Å². The number of carbonyl (C=O) groups excluding carboxylic acids is 3. The van der Waals surface area contributed by atoms with Crippen LogP contribution < -0.4 is 28.3 Å². The third-order valence-electron chi connectivity index (χ3n) is 24.6. The van der Waals surface area contributed by atoms with Gasteiger partial charge < -0.3 is 72.6 Å². The number of anilines is 4. The third-order valence-corrected chi connectivity index (χ3v) is 24.6. The predicted molar refractivity (Wildman–Crippen MR) is 480 cm³/mol. The highest BCUT2D eigenvalue weighted by Gasteiger charge is 2.34. The quantitative estimate of drug-likeness (QED) is 0.0508. The van der Waals surface area contributed by atoms with E-state index >= 15 is 0 Å². The number of likely N-dealkylation sites (tertiary alicyclic amines) is 3. The van der Waals surface area contributed by atoms with Crippen molar-refractivity contribution in [3.05, 3.63) is 266 Å². The van der Waals surface area contributed by atoms with Gasteiger partial charge in [0.1, 0.15) is 98.0 Å². The molecule has 4 aliphatic rings. The zero-order valence-corrected chi connectivity index (χ0v) is 67.5. The third kappa shape index (κ3) is 14.8. The molecule has 616 valence electrons. The number of carbonyl (C=O) groups is 3. The number of H-pyrrole nitrogens is 5. The summed E-state index contributed by atoms with van der Waals surface area (Å²) in [5.74, 6) is 7.07. The molecule has 0 saturated carbocycles. The van der Waals surface area contributed by atoms with Crippen molar-refractivity contribution in [1.82, 2.24) is 102 Å². The minimum atomic E-state index is -0.271. The number of piperidine rings is 4. The van der Waals surface area contributed by atoms with E-state index < -0.39 is 0 Å². The first kappa shape index (κ1) is 76.5. The van der Waals surface area contributed by atoms with Crippen molar-refractivity contribution >= 4 is 118 Å². The second kappa shape index (κ2) is 32.9. The molecule has 123 heavy (non-hydrogen) atoms. The lowest BCUT2D eigenvalue weighted by molar-refractivity contribution is -0.119. The van der Waals surface area contributed by atoms with Gasteiger partial charge in [0, 0.05) is 173 Å². The number of amides is 3. The first-order valence-electron chi connectivity index (χ1n) is 41.9. The molecule has 6 aromatic carbocycles. The highest BCUT2D eigenvalue weighted by atomic mass is 16.6. The van der Waals surface area contributed by atoms with Crippen molar-refractivity contribution in [3.63, 3.8) is 0 Å². The van der Waals surface area contributed by atoms with Crippen LogP contribution >= 0.6 is 0 Å². The molecule has 23 rings (SSSR count). The molecule has 4 aliphatic heterocycles. The highest BCUT2D eigenvalue weighted by molar-refractivity contribution is 6.07. The Morgan fingerprint density at radius 2 is 0.732 bits per heavy atom. The fourth-order valence-corrected chi connectivity index (χ4v) is 18.3. The van der Waals surface area contributed by atoms with Crippen LogP contribution in [0.15, 0.2) is 232 Å². The average molecular weight is 1630 g/mol. The van der Waals surface area contributed by atoms with E-state index in [-0.39, 0.29) is 36.4 Å². The number of imidazole rings is 4. The van der Waals surface area contributed by atoms with Gasteiger partial charge in [-0.05, 0) is 125 Å². The summed E-state index contributed by atoms with van der Waals surface area (Å²) < 4.78 is 13.8. The molecule has 29 nitrogen and oxygen atoms in total. The molecule has 4 fully saturated rings. The van der Waals surface area contributed by atoms with Crippen molar-refractivity contribution in [3.8, 4) is 45.6 Å². The Morgan fingerprint density at radius 1 is 0.398 bits per heavy atom. The molecule has 17 heterocycles. The first-order valence-corrected chi connectivity index (χ1v) is 41.9. The summed E-state index contributed by atoms with van der Waals surface area (Å²) in [6.07, 6.45) is 24.4. The molecule has 0 bridgehead atoms. The Kier molecular flexibility index (Phi) is 20.5. The molecule has 0 spiro atoms. The molecule has 3 amide bonds. The molecule has 0 radical (unpaired) electrons. The van der Waals surface area contributed by atoms with Gasteiger partial charge in [0.05, 0.1) is 28.3 Å². The number of nitrogens with one attached hydrogen (secondary N) is 6. The van der Waals surface area contributed by atoms with Crippen LogP contribution in [-0.4, -0.2) is 168 Å². The van der Waals surface area contributed by atoms with Gasteiger partial charge >= 0.3 is 6.09 Å². The number of fused-ring (bicyclic) bond motifs is 9. The van der Waals surface area contributed by atoms with E-state index in [1.165, 1.54) is 5.39 Å². The molecule has 13 aromatic heterocycles. The summed E-state index contributed by atoms with van der Waals surface area (Å²) in [7, 11) is 0. The van der Waals surface area contributed by atoms with Crippen LogP contribution in [0, 0.1) is 0 Å². The summed E-state index contributed by atoms with van der Waals surface area (Å²) in [6, 6.07) is 58.8. The monoisotopic (exact) mass is 1630 g/mol. The smallest absolute Gasteiger partial charge is 0.410 e. The fraction of sp³-hybridized carbons (Fsp3) is 0.223. The molecule has 0 aliphatic carbocycles. The molecule has 0 unspecified atom stereocenters. The van der Waals surface area contributed by atoms with Crippen molar-refractivity contribution in [1.29, 1.82) is 0 Å². The van der Waals surface area contributed by atoms with Crippen molar-refractivity contribution in [2.24, 2.45) is 0 Å². The molecular formula is C94H91N25O4. The number of benzene rings is 6. The number of aromatic amines is 5. The Balaban J connectivity index is 0.000000105. The second-order valence-corrected chi connectivity index (χ2v) is 32.0. The number of aromatic nitrogens is 17. The topological polar surface area (TPSA) is 386 Å². The summed E-state index contributed by atoms with van der Waals surface area (Å²) in [6.45, 7) is 6.45. The number of nitrogens with zero attached hydrogens (tertiary/aromatic N) is 15. The number of para-hydroxylation sites is 5. The van der Waals surface area contributed by atoms with Crippen LogP contribution in [-0.2, 0) is 16.1 Å². The van der Waals surface area contributed by atoms with Crippen LogP contribution in [0.4, 0.5) is 28.1 Å². The molecule has 4 saturated heterocycles. The van der Waals surface area contributed by atoms with E-state index in [4.69, 9.17) is 47.6 Å². The van der Waals surface area contributed by atoms with Crippen LogP contribution in [0.3, 0.4) is 0 Å². The molecule has 29 heteroatoms. The largest absolute Gasteiger partial charge is 0.445 e.